The van der Waals surface area contributed by atoms with Crippen LogP contribution in [-0.4, -0.2) is 12.5 Å². The first kappa shape index (κ1) is 16.3. The molecule has 2 aromatic rings. The van der Waals surface area contributed by atoms with E-state index in [1.807, 2.05) is 11.8 Å². The summed E-state index contributed by atoms with van der Waals surface area (Å²) in [6.07, 6.45) is 4.24. The number of hydrogen-bond acceptors (Lipinski definition) is 3. The van der Waals surface area contributed by atoms with Crippen LogP contribution in [0, 0.1) is 7.14 Å². The van der Waals surface area contributed by atoms with Crippen molar-refractivity contribution in [2.75, 3.05) is 12.5 Å². The van der Waals surface area contributed by atoms with E-state index in [-0.39, 0.29) is 0 Å². The Morgan fingerprint density at radius 2 is 1.16 bits per heavy atom. The van der Waals surface area contributed by atoms with Crippen LogP contribution >= 0.6 is 80.5 Å². The SMILES string of the molecule is CSc1ccc(Sc2ccc(SC)c(I)c2)cc1I. The van der Waals surface area contributed by atoms with Gasteiger partial charge in [0.1, 0.15) is 0 Å². The molecule has 0 saturated carbocycles. The zero-order valence-corrected chi connectivity index (χ0v) is 17.2. The van der Waals surface area contributed by atoms with Crippen LogP contribution in [-0.2, 0) is 0 Å². The average Bonchev–Trinajstić information content (AvgIpc) is 2.39. The van der Waals surface area contributed by atoms with E-state index in [0.29, 0.717) is 0 Å². The molecular formula is C14H12I2S3. The van der Waals surface area contributed by atoms with Gasteiger partial charge in [-0.2, -0.15) is 0 Å². The highest BCUT2D eigenvalue weighted by atomic mass is 127. The van der Waals surface area contributed by atoms with Gasteiger partial charge in [-0.1, -0.05) is 11.8 Å². The summed E-state index contributed by atoms with van der Waals surface area (Å²) < 4.78 is 2.65. The molecule has 2 rings (SSSR count). The quantitative estimate of drug-likeness (QED) is 0.328. The first-order valence-corrected chi connectivity index (χ1v) is 10.9. The maximum absolute atomic E-state index is 2.41. The minimum absolute atomic E-state index is 1.30. The lowest BCUT2D eigenvalue weighted by molar-refractivity contribution is 1.28. The molecule has 5 heteroatoms. The van der Waals surface area contributed by atoms with Gasteiger partial charge in [-0.3, -0.25) is 0 Å². The summed E-state index contributed by atoms with van der Waals surface area (Å²) >= 11 is 10.2. The fraction of sp³-hybridized carbons (Fsp3) is 0.143. The summed E-state index contributed by atoms with van der Waals surface area (Å²) in [5.74, 6) is 0. The van der Waals surface area contributed by atoms with Gasteiger partial charge in [-0.05, 0) is 94.1 Å². The molecule has 19 heavy (non-hydrogen) atoms. The molecule has 2 aromatic carbocycles. The lowest BCUT2D eigenvalue weighted by Gasteiger charge is -2.07. The van der Waals surface area contributed by atoms with Gasteiger partial charge in [0.05, 0.1) is 0 Å². The first-order valence-electron chi connectivity index (χ1n) is 5.49. The van der Waals surface area contributed by atoms with Crippen molar-refractivity contribution in [1.82, 2.24) is 0 Å². The predicted octanol–water partition coefficient (Wildman–Crippen LogP) is 6.49. The van der Waals surface area contributed by atoms with Crippen LogP contribution in [0.4, 0.5) is 0 Å². The predicted molar refractivity (Wildman–Crippen MR) is 106 cm³/mol. The summed E-state index contributed by atoms with van der Waals surface area (Å²) in [6.45, 7) is 0. The monoisotopic (exact) mass is 530 g/mol. The van der Waals surface area contributed by atoms with E-state index in [1.54, 1.807) is 23.5 Å². The van der Waals surface area contributed by atoms with Crippen molar-refractivity contribution in [2.45, 2.75) is 19.6 Å². The fourth-order valence-electron chi connectivity index (χ4n) is 1.56. The van der Waals surface area contributed by atoms with E-state index in [0.717, 1.165) is 0 Å². The van der Waals surface area contributed by atoms with Crippen LogP contribution in [0.3, 0.4) is 0 Å². The molecule has 0 nitrogen and oxygen atoms in total. The highest BCUT2D eigenvalue weighted by molar-refractivity contribution is 14.1. The van der Waals surface area contributed by atoms with Crippen LogP contribution in [0.25, 0.3) is 0 Å². The molecule has 0 fully saturated rings. The smallest absolute Gasteiger partial charge is 0.0277 e. The number of thioether (sulfide) groups is 2. The molecular weight excluding hydrogens is 518 g/mol. The Bertz CT molecular complexity index is 533. The van der Waals surface area contributed by atoms with Crippen LogP contribution in [0.1, 0.15) is 0 Å². The van der Waals surface area contributed by atoms with Gasteiger partial charge in [-0.25, -0.2) is 0 Å². The van der Waals surface area contributed by atoms with Gasteiger partial charge in [0.25, 0.3) is 0 Å². The van der Waals surface area contributed by atoms with Crippen molar-refractivity contribution in [2.24, 2.45) is 0 Å². The number of hydrogen-bond donors (Lipinski definition) is 0. The second-order valence-corrected chi connectivity index (χ2v) is 8.86. The van der Waals surface area contributed by atoms with Crippen LogP contribution in [0.15, 0.2) is 56.0 Å². The van der Waals surface area contributed by atoms with E-state index in [4.69, 9.17) is 0 Å². The van der Waals surface area contributed by atoms with E-state index in [1.165, 1.54) is 26.7 Å². The molecule has 0 amide bonds. The van der Waals surface area contributed by atoms with Crippen molar-refractivity contribution in [3.8, 4) is 0 Å². The average molecular weight is 530 g/mol. The molecule has 0 radical (unpaired) electrons. The van der Waals surface area contributed by atoms with Gasteiger partial charge < -0.3 is 0 Å². The van der Waals surface area contributed by atoms with Gasteiger partial charge in [0.15, 0.2) is 0 Å². The third-order valence-electron chi connectivity index (χ3n) is 2.48. The lowest BCUT2D eigenvalue weighted by atomic mass is 10.4. The molecule has 0 bridgehead atoms. The van der Waals surface area contributed by atoms with E-state index < -0.39 is 0 Å². The summed E-state index contributed by atoms with van der Waals surface area (Å²) in [7, 11) is 0. The Hall–Kier alpha value is 0.950. The number of benzene rings is 2. The van der Waals surface area contributed by atoms with Gasteiger partial charge in [0.2, 0.25) is 0 Å². The van der Waals surface area contributed by atoms with Gasteiger partial charge in [-0.15, -0.1) is 23.5 Å². The molecule has 0 aliphatic carbocycles. The zero-order valence-electron chi connectivity index (χ0n) is 10.4. The van der Waals surface area contributed by atoms with E-state index in [2.05, 4.69) is 94.1 Å². The molecule has 0 saturated heterocycles. The Kier molecular flexibility index (Phi) is 6.71. The molecule has 100 valence electrons. The second kappa shape index (κ2) is 7.82. The molecule has 0 unspecified atom stereocenters. The fourth-order valence-corrected chi connectivity index (χ4v) is 6.15. The normalized spacial score (nSPS) is 10.7. The Labute approximate surface area is 154 Å². The molecule has 0 aromatic heterocycles. The van der Waals surface area contributed by atoms with Crippen LogP contribution in [0.5, 0.6) is 0 Å². The van der Waals surface area contributed by atoms with Crippen molar-refractivity contribution < 1.29 is 0 Å². The van der Waals surface area contributed by atoms with Crippen molar-refractivity contribution >= 4 is 80.5 Å². The summed E-state index contributed by atoms with van der Waals surface area (Å²) in [6, 6.07) is 13.3. The third kappa shape index (κ3) is 4.46. The molecule has 0 spiro atoms. The van der Waals surface area contributed by atoms with Crippen molar-refractivity contribution in [3.63, 3.8) is 0 Å². The maximum atomic E-state index is 2.41. The Morgan fingerprint density at radius 1 is 0.737 bits per heavy atom. The summed E-state index contributed by atoms with van der Waals surface area (Å²) in [5, 5.41) is 0. The van der Waals surface area contributed by atoms with E-state index in [9.17, 15) is 0 Å². The highest BCUT2D eigenvalue weighted by Gasteiger charge is 2.04. The topological polar surface area (TPSA) is 0 Å². The third-order valence-corrected chi connectivity index (χ3v) is 7.57. The molecule has 0 aliphatic heterocycles. The summed E-state index contributed by atoms with van der Waals surface area (Å²) in [4.78, 5) is 5.29. The van der Waals surface area contributed by atoms with Crippen LogP contribution < -0.4 is 0 Å². The Balaban J connectivity index is 2.21. The largest absolute Gasteiger partial charge is 0.128 e. The molecule has 0 N–H and O–H groups in total. The highest BCUT2D eigenvalue weighted by Crippen LogP contribution is 2.34. The number of rotatable bonds is 4. The van der Waals surface area contributed by atoms with Gasteiger partial charge in [0, 0.05) is 26.7 Å². The minimum Gasteiger partial charge on any atom is -0.128 e. The maximum Gasteiger partial charge on any atom is 0.0277 e. The molecule has 0 heterocycles. The van der Waals surface area contributed by atoms with Gasteiger partial charge >= 0.3 is 0 Å². The molecule has 0 aliphatic rings. The Morgan fingerprint density at radius 3 is 1.47 bits per heavy atom. The standard InChI is InChI=1S/C14H12I2S3/c1-17-13-5-3-9(7-11(13)15)19-10-4-6-14(18-2)12(16)8-10/h3-8H,1-2H3. The minimum atomic E-state index is 1.30. The van der Waals surface area contributed by atoms with Crippen LogP contribution in [0.2, 0.25) is 0 Å². The van der Waals surface area contributed by atoms with Crippen molar-refractivity contribution in [1.29, 1.82) is 0 Å². The van der Waals surface area contributed by atoms with E-state index >= 15 is 0 Å². The lowest BCUT2D eigenvalue weighted by Crippen LogP contribution is -1.82. The summed E-state index contributed by atoms with van der Waals surface area (Å²) in [5.41, 5.74) is 0. The second-order valence-electron chi connectivity index (χ2n) is 3.69. The van der Waals surface area contributed by atoms with Crippen molar-refractivity contribution in [3.05, 3.63) is 43.5 Å². The molecule has 0 atom stereocenters. The first-order chi connectivity index (χ1) is 9.13. The number of halogens is 2. The zero-order chi connectivity index (χ0) is 13.8.